The van der Waals surface area contributed by atoms with Crippen LogP contribution < -0.4 is 0 Å². The molecular weight excluding hydrogens is 176 g/mol. The second-order valence-corrected chi connectivity index (χ2v) is 4.51. The quantitative estimate of drug-likeness (QED) is 0.704. The van der Waals surface area contributed by atoms with Crippen molar-refractivity contribution in [2.45, 2.75) is 63.8 Å². The van der Waals surface area contributed by atoms with Gasteiger partial charge in [0.05, 0.1) is 11.7 Å². The molecule has 14 heavy (non-hydrogen) atoms. The van der Waals surface area contributed by atoms with Crippen molar-refractivity contribution in [3.8, 4) is 0 Å². The second-order valence-electron chi connectivity index (χ2n) is 4.51. The fourth-order valence-corrected chi connectivity index (χ4v) is 2.14. The number of rotatable bonds is 4. The van der Waals surface area contributed by atoms with Crippen molar-refractivity contribution < 1.29 is 9.84 Å². The molecule has 1 aliphatic carbocycles. The predicted molar refractivity (Wildman–Crippen MR) is 58.2 cm³/mol. The highest BCUT2D eigenvalue weighted by Crippen LogP contribution is 2.33. The van der Waals surface area contributed by atoms with E-state index in [9.17, 15) is 5.11 Å². The van der Waals surface area contributed by atoms with Gasteiger partial charge in [0.25, 0.3) is 0 Å². The molecule has 82 valence electrons. The minimum Gasteiger partial charge on any atom is -0.387 e. The number of hydrogen-bond donors (Lipinski definition) is 1. The Kier molecular flexibility index (Phi) is 4.14. The van der Waals surface area contributed by atoms with Gasteiger partial charge >= 0.3 is 0 Å². The molecule has 0 aliphatic heterocycles. The van der Waals surface area contributed by atoms with Crippen LogP contribution in [0.3, 0.4) is 0 Å². The number of aliphatic hydroxyl groups is 1. The third-order valence-corrected chi connectivity index (χ3v) is 2.88. The molecule has 2 nitrogen and oxygen atoms in total. The van der Waals surface area contributed by atoms with E-state index in [1.54, 1.807) is 6.08 Å². The smallest absolute Gasteiger partial charge is 0.104 e. The Morgan fingerprint density at radius 3 is 2.29 bits per heavy atom. The van der Waals surface area contributed by atoms with E-state index < -0.39 is 5.60 Å². The molecule has 2 heteroatoms. The van der Waals surface area contributed by atoms with E-state index in [2.05, 4.69) is 6.58 Å². The Morgan fingerprint density at radius 2 is 1.86 bits per heavy atom. The maximum Gasteiger partial charge on any atom is 0.104 e. The summed E-state index contributed by atoms with van der Waals surface area (Å²) >= 11 is 0. The van der Waals surface area contributed by atoms with Crippen LogP contribution in [0.2, 0.25) is 0 Å². The fourth-order valence-electron chi connectivity index (χ4n) is 2.14. The van der Waals surface area contributed by atoms with Crippen molar-refractivity contribution in [3.63, 3.8) is 0 Å². The zero-order chi connectivity index (χ0) is 10.6. The minimum atomic E-state index is -0.662. The normalized spacial score (nSPS) is 23.4. The average molecular weight is 198 g/mol. The Hall–Kier alpha value is -0.340. The summed E-state index contributed by atoms with van der Waals surface area (Å²) in [5.41, 5.74) is -0.662. The maximum absolute atomic E-state index is 10.4. The zero-order valence-corrected chi connectivity index (χ0v) is 9.33. The summed E-state index contributed by atoms with van der Waals surface area (Å²) in [6, 6.07) is 0. The van der Waals surface area contributed by atoms with Crippen LogP contribution in [-0.4, -0.2) is 22.9 Å². The Labute approximate surface area is 87.0 Å². The van der Waals surface area contributed by atoms with Gasteiger partial charge in [0.1, 0.15) is 6.10 Å². The van der Waals surface area contributed by atoms with Crippen LogP contribution in [0.1, 0.15) is 46.0 Å². The summed E-state index contributed by atoms with van der Waals surface area (Å²) in [7, 11) is 0. The molecule has 0 aromatic heterocycles. The maximum atomic E-state index is 10.4. The Bertz CT molecular complexity index is 181. The lowest BCUT2D eigenvalue weighted by Crippen LogP contribution is -2.45. The first-order chi connectivity index (χ1) is 6.58. The van der Waals surface area contributed by atoms with Gasteiger partial charge in [-0.3, -0.25) is 0 Å². The van der Waals surface area contributed by atoms with E-state index in [4.69, 9.17) is 4.74 Å². The van der Waals surface area contributed by atoms with Crippen LogP contribution in [0.15, 0.2) is 12.7 Å². The number of ether oxygens (including phenoxy) is 1. The van der Waals surface area contributed by atoms with E-state index in [1.807, 2.05) is 13.8 Å². The van der Waals surface area contributed by atoms with E-state index in [1.165, 1.54) is 6.42 Å². The van der Waals surface area contributed by atoms with Gasteiger partial charge in [0, 0.05) is 0 Å². The first kappa shape index (κ1) is 11.7. The first-order valence-corrected chi connectivity index (χ1v) is 5.59. The summed E-state index contributed by atoms with van der Waals surface area (Å²) in [5, 5.41) is 10.4. The molecule has 1 atom stereocenters. The van der Waals surface area contributed by atoms with Gasteiger partial charge in [0.2, 0.25) is 0 Å². The molecule has 1 fully saturated rings. The van der Waals surface area contributed by atoms with Gasteiger partial charge in [-0.1, -0.05) is 25.3 Å². The highest BCUT2D eigenvalue weighted by molar-refractivity contribution is 4.99. The predicted octanol–water partition coefficient (Wildman–Crippen LogP) is 2.66. The van der Waals surface area contributed by atoms with Crippen LogP contribution in [0, 0.1) is 0 Å². The molecule has 1 saturated carbocycles. The second kappa shape index (κ2) is 4.94. The third-order valence-electron chi connectivity index (χ3n) is 2.88. The Balaban J connectivity index is 2.60. The first-order valence-electron chi connectivity index (χ1n) is 5.59. The van der Waals surface area contributed by atoms with Gasteiger partial charge in [-0.25, -0.2) is 0 Å². The van der Waals surface area contributed by atoms with E-state index >= 15 is 0 Å². The molecule has 1 unspecified atom stereocenters. The van der Waals surface area contributed by atoms with Crippen LogP contribution in [0.5, 0.6) is 0 Å². The summed E-state index contributed by atoms with van der Waals surface area (Å²) in [5.74, 6) is 0. The average Bonchev–Trinajstić information content (AvgIpc) is 2.15. The van der Waals surface area contributed by atoms with Gasteiger partial charge in [-0.15, -0.1) is 6.58 Å². The highest BCUT2D eigenvalue weighted by Gasteiger charge is 2.37. The van der Waals surface area contributed by atoms with Crippen LogP contribution >= 0.6 is 0 Å². The third kappa shape index (κ3) is 2.82. The molecule has 0 radical (unpaired) electrons. The largest absolute Gasteiger partial charge is 0.387 e. The molecule has 0 heterocycles. The molecule has 0 amide bonds. The molecule has 1 rings (SSSR count). The topological polar surface area (TPSA) is 29.5 Å². The monoisotopic (exact) mass is 198 g/mol. The molecule has 0 aromatic rings. The standard InChI is InChI=1S/C12H22O2/c1-4-11(14-10(2)3)12(13)8-6-5-7-9-12/h4,10-11,13H,1,5-9H2,2-3H3. The molecule has 0 bridgehead atoms. The highest BCUT2D eigenvalue weighted by atomic mass is 16.5. The van der Waals surface area contributed by atoms with E-state index in [0.29, 0.717) is 0 Å². The molecule has 0 aromatic carbocycles. The summed E-state index contributed by atoms with van der Waals surface area (Å²) in [6.45, 7) is 7.73. The van der Waals surface area contributed by atoms with Crippen molar-refractivity contribution in [2.24, 2.45) is 0 Å². The van der Waals surface area contributed by atoms with E-state index in [-0.39, 0.29) is 12.2 Å². The lowest BCUT2D eigenvalue weighted by molar-refractivity contribution is -0.121. The molecular formula is C12H22O2. The van der Waals surface area contributed by atoms with Crippen LogP contribution in [0.4, 0.5) is 0 Å². The van der Waals surface area contributed by atoms with Crippen molar-refractivity contribution in [2.75, 3.05) is 0 Å². The van der Waals surface area contributed by atoms with Crippen molar-refractivity contribution in [1.82, 2.24) is 0 Å². The fraction of sp³-hybridized carbons (Fsp3) is 0.833. The SMILES string of the molecule is C=CC(OC(C)C)C1(O)CCCCC1. The van der Waals surface area contributed by atoms with Crippen LogP contribution in [0.25, 0.3) is 0 Å². The molecule has 0 saturated heterocycles. The van der Waals surface area contributed by atoms with Crippen molar-refractivity contribution >= 4 is 0 Å². The lowest BCUT2D eigenvalue weighted by Gasteiger charge is -2.38. The van der Waals surface area contributed by atoms with Gasteiger partial charge in [-0.05, 0) is 26.7 Å². The van der Waals surface area contributed by atoms with Crippen LogP contribution in [-0.2, 0) is 4.74 Å². The van der Waals surface area contributed by atoms with Gasteiger partial charge in [-0.2, -0.15) is 0 Å². The molecule has 1 aliphatic rings. The summed E-state index contributed by atoms with van der Waals surface area (Å²) in [4.78, 5) is 0. The minimum absolute atomic E-state index is 0.143. The summed E-state index contributed by atoms with van der Waals surface area (Å²) in [6.07, 6.45) is 6.79. The molecule has 0 spiro atoms. The lowest BCUT2D eigenvalue weighted by atomic mass is 9.80. The number of hydrogen-bond acceptors (Lipinski definition) is 2. The van der Waals surface area contributed by atoms with Gasteiger partial charge < -0.3 is 9.84 Å². The Morgan fingerprint density at radius 1 is 1.29 bits per heavy atom. The zero-order valence-electron chi connectivity index (χ0n) is 9.33. The van der Waals surface area contributed by atoms with Crippen molar-refractivity contribution in [3.05, 3.63) is 12.7 Å². The summed E-state index contributed by atoms with van der Waals surface area (Å²) < 4.78 is 5.67. The van der Waals surface area contributed by atoms with Crippen molar-refractivity contribution in [1.29, 1.82) is 0 Å². The molecule has 1 N–H and O–H groups in total. The van der Waals surface area contributed by atoms with Gasteiger partial charge in [0.15, 0.2) is 0 Å². The van der Waals surface area contributed by atoms with E-state index in [0.717, 1.165) is 25.7 Å².